The highest BCUT2D eigenvalue weighted by Crippen LogP contribution is 2.36. The quantitative estimate of drug-likeness (QED) is 0.827. The number of hydrogen-bond acceptors (Lipinski definition) is 6. The first kappa shape index (κ1) is 14.4. The maximum Gasteiger partial charge on any atom is 0.184 e. The highest BCUT2D eigenvalue weighted by atomic mass is 16.3. The zero-order valence-electron chi connectivity index (χ0n) is 12.0. The van der Waals surface area contributed by atoms with E-state index in [-0.39, 0.29) is 11.7 Å². The van der Waals surface area contributed by atoms with Crippen LogP contribution < -0.4 is 0 Å². The Hall–Kier alpha value is -2.59. The monoisotopic (exact) mass is 297 g/mol. The molecule has 2 unspecified atom stereocenters. The number of Topliss-reactive ketones (excluding diaryl/α,β-unsaturated/α-hetero) is 1. The zero-order chi connectivity index (χ0) is 15.7. The number of aromatic nitrogens is 4. The normalized spacial score (nSPS) is 16.8. The molecule has 7 nitrogen and oxygen atoms in total. The van der Waals surface area contributed by atoms with Crippen molar-refractivity contribution in [3.63, 3.8) is 0 Å². The molecule has 2 atom stereocenters. The van der Waals surface area contributed by atoms with Gasteiger partial charge in [0, 0.05) is 5.56 Å². The Balaban J connectivity index is 1.87. The number of aliphatic hydroxyl groups is 1. The summed E-state index contributed by atoms with van der Waals surface area (Å²) in [5, 5.41) is 23.3. The van der Waals surface area contributed by atoms with Crippen LogP contribution in [0, 0.1) is 30.1 Å². The third kappa shape index (κ3) is 2.61. The van der Waals surface area contributed by atoms with E-state index >= 15 is 0 Å². The molecule has 0 radical (unpaired) electrons. The Bertz CT molecular complexity index is 731. The molecule has 0 aliphatic heterocycles. The van der Waals surface area contributed by atoms with Crippen LogP contribution in [0.3, 0.4) is 0 Å². The lowest BCUT2D eigenvalue weighted by atomic mass is 9.90. The van der Waals surface area contributed by atoms with Crippen LogP contribution in [0.2, 0.25) is 0 Å². The highest BCUT2D eigenvalue weighted by Gasteiger charge is 2.39. The van der Waals surface area contributed by atoms with Crippen molar-refractivity contribution in [3.8, 4) is 11.9 Å². The third-order valence-corrected chi connectivity index (χ3v) is 3.86. The molecule has 1 saturated carbocycles. The average Bonchev–Trinajstić information content (AvgIpc) is 3.22. The Morgan fingerprint density at radius 1 is 1.50 bits per heavy atom. The summed E-state index contributed by atoms with van der Waals surface area (Å²) in [5.74, 6) is -0.804. The van der Waals surface area contributed by atoms with E-state index in [0.717, 1.165) is 12.8 Å². The SMILES string of the molecule is Cc1nc(-n2cncn2)ccc1C(=O)C(C#N)C(O)C1CC1. The molecule has 22 heavy (non-hydrogen) atoms. The van der Waals surface area contributed by atoms with Crippen LogP contribution in [-0.2, 0) is 0 Å². The van der Waals surface area contributed by atoms with Crippen molar-refractivity contribution in [2.75, 3.05) is 0 Å². The molecule has 2 aromatic rings. The van der Waals surface area contributed by atoms with Crippen LogP contribution >= 0.6 is 0 Å². The Kier molecular flexibility index (Phi) is 3.69. The lowest BCUT2D eigenvalue weighted by Gasteiger charge is -2.16. The van der Waals surface area contributed by atoms with Gasteiger partial charge in [0.25, 0.3) is 0 Å². The second-order valence-electron chi connectivity index (χ2n) is 5.44. The van der Waals surface area contributed by atoms with E-state index < -0.39 is 12.0 Å². The van der Waals surface area contributed by atoms with Crippen molar-refractivity contribution < 1.29 is 9.90 Å². The molecule has 0 saturated heterocycles. The first-order valence-corrected chi connectivity index (χ1v) is 7.06. The number of aliphatic hydroxyl groups excluding tert-OH is 1. The molecule has 7 heteroatoms. The van der Waals surface area contributed by atoms with E-state index in [1.165, 1.54) is 17.3 Å². The summed E-state index contributed by atoms with van der Waals surface area (Å²) in [6.07, 6.45) is 3.75. The Morgan fingerprint density at radius 3 is 2.82 bits per heavy atom. The summed E-state index contributed by atoms with van der Waals surface area (Å²) >= 11 is 0. The molecule has 0 bridgehead atoms. The minimum Gasteiger partial charge on any atom is -0.391 e. The van der Waals surface area contributed by atoms with Crippen LogP contribution in [0.15, 0.2) is 24.8 Å². The molecule has 1 N–H and O–H groups in total. The van der Waals surface area contributed by atoms with Gasteiger partial charge in [-0.1, -0.05) is 0 Å². The van der Waals surface area contributed by atoms with Gasteiger partial charge in [0.05, 0.1) is 17.9 Å². The van der Waals surface area contributed by atoms with Crippen LogP contribution in [0.1, 0.15) is 28.9 Å². The summed E-state index contributed by atoms with van der Waals surface area (Å²) in [4.78, 5) is 20.7. The molecule has 2 aromatic heterocycles. The van der Waals surface area contributed by atoms with E-state index in [1.54, 1.807) is 19.1 Å². The molecular formula is C15H15N5O2. The molecule has 1 fully saturated rings. The van der Waals surface area contributed by atoms with Gasteiger partial charge in [0.15, 0.2) is 11.6 Å². The van der Waals surface area contributed by atoms with Gasteiger partial charge in [-0.2, -0.15) is 10.4 Å². The fourth-order valence-corrected chi connectivity index (χ4v) is 2.43. The molecule has 3 rings (SSSR count). The van der Waals surface area contributed by atoms with Gasteiger partial charge >= 0.3 is 0 Å². The van der Waals surface area contributed by atoms with E-state index in [4.69, 9.17) is 0 Å². The van der Waals surface area contributed by atoms with Gasteiger partial charge < -0.3 is 5.11 Å². The van der Waals surface area contributed by atoms with Gasteiger partial charge in [0.2, 0.25) is 0 Å². The average molecular weight is 297 g/mol. The number of rotatable bonds is 5. The molecule has 1 aliphatic carbocycles. The molecule has 112 valence electrons. The number of aryl methyl sites for hydroxylation is 1. The molecule has 2 heterocycles. The highest BCUT2D eigenvalue weighted by molar-refractivity contribution is 6.00. The molecule has 0 amide bonds. The van der Waals surface area contributed by atoms with E-state index in [9.17, 15) is 15.2 Å². The van der Waals surface area contributed by atoms with Crippen LogP contribution in [0.4, 0.5) is 0 Å². The van der Waals surface area contributed by atoms with Crippen molar-refractivity contribution in [1.29, 1.82) is 5.26 Å². The summed E-state index contributed by atoms with van der Waals surface area (Å²) in [6.45, 7) is 1.70. The standard InChI is InChI=1S/C15H15N5O2/c1-9-11(4-5-13(19-9)20-8-17-7-18-20)15(22)12(6-16)14(21)10-2-3-10/h4-5,7-8,10,12,14,21H,2-3H2,1H3. The fourth-order valence-electron chi connectivity index (χ4n) is 2.43. The lowest BCUT2D eigenvalue weighted by Crippen LogP contribution is -2.29. The number of nitrogens with zero attached hydrogens (tertiary/aromatic N) is 5. The second-order valence-corrected chi connectivity index (χ2v) is 5.44. The smallest absolute Gasteiger partial charge is 0.184 e. The Labute approximate surface area is 127 Å². The van der Waals surface area contributed by atoms with Gasteiger partial charge in [-0.3, -0.25) is 4.79 Å². The summed E-state index contributed by atoms with van der Waals surface area (Å²) in [5.41, 5.74) is 0.858. The van der Waals surface area contributed by atoms with Crippen molar-refractivity contribution in [1.82, 2.24) is 19.7 Å². The van der Waals surface area contributed by atoms with Crippen molar-refractivity contribution in [2.24, 2.45) is 11.8 Å². The second kappa shape index (κ2) is 5.66. The van der Waals surface area contributed by atoms with Crippen LogP contribution in [-0.4, -0.2) is 36.7 Å². The summed E-state index contributed by atoms with van der Waals surface area (Å²) < 4.78 is 1.49. The minimum absolute atomic E-state index is 0.0660. The first-order valence-electron chi connectivity index (χ1n) is 7.06. The minimum atomic E-state index is -1.04. The van der Waals surface area contributed by atoms with Gasteiger partial charge in [-0.25, -0.2) is 14.6 Å². The number of pyridine rings is 1. The molecule has 1 aliphatic rings. The molecule has 0 aromatic carbocycles. The number of nitriles is 1. The number of carbonyl (C=O) groups is 1. The van der Waals surface area contributed by atoms with E-state index in [1.807, 2.05) is 6.07 Å². The molecular weight excluding hydrogens is 282 g/mol. The van der Waals surface area contributed by atoms with Crippen molar-refractivity contribution >= 4 is 5.78 Å². The number of hydrogen-bond donors (Lipinski definition) is 1. The predicted molar refractivity (Wildman–Crippen MR) is 76.1 cm³/mol. The number of carbonyl (C=O) groups excluding carboxylic acids is 1. The van der Waals surface area contributed by atoms with E-state index in [2.05, 4.69) is 15.1 Å². The third-order valence-electron chi connectivity index (χ3n) is 3.86. The zero-order valence-corrected chi connectivity index (χ0v) is 12.0. The van der Waals surface area contributed by atoms with Gasteiger partial charge in [-0.15, -0.1) is 0 Å². The maximum atomic E-state index is 12.5. The predicted octanol–water partition coefficient (Wildman–Crippen LogP) is 1.06. The Morgan fingerprint density at radius 2 is 2.27 bits per heavy atom. The maximum absolute atomic E-state index is 12.5. The summed E-state index contributed by atoms with van der Waals surface area (Å²) in [7, 11) is 0. The van der Waals surface area contributed by atoms with Crippen molar-refractivity contribution in [3.05, 3.63) is 36.0 Å². The lowest BCUT2D eigenvalue weighted by molar-refractivity contribution is 0.0720. The van der Waals surface area contributed by atoms with Gasteiger partial charge in [0.1, 0.15) is 18.6 Å². The van der Waals surface area contributed by atoms with Crippen molar-refractivity contribution in [2.45, 2.75) is 25.9 Å². The topological polar surface area (TPSA) is 105 Å². The molecule has 0 spiro atoms. The fraction of sp³-hybridized carbons (Fsp3) is 0.400. The van der Waals surface area contributed by atoms with Gasteiger partial charge in [-0.05, 0) is 37.8 Å². The summed E-state index contributed by atoms with van der Waals surface area (Å²) in [6, 6.07) is 5.20. The van der Waals surface area contributed by atoms with E-state index in [0.29, 0.717) is 17.1 Å². The largest absolute Gasteiger partial charge is 0.391 e. The van der Waals surface area contributed by atoms with Crippen LogP contribution in [0.5, 0.6) is 0 Å². The van der Waals surface area contributed by atoms with Crippen LogP contribution in [0.25, 0.3) is 5.82 Å². The first-order chi connectivity index (χ1) is 10.6. The number of ketones is 1.